The fraction of sp³-hybridized carbons (Fsp3) is 0.133. The normalized spacial score (nSPS) is 10.9. The number of anilines is 1. The van der Waals surface area contributed by atoms with Crippen molar-refractivity contribution in [1.82, 2.24) is 4.98 Å². The number of nitro benzene ring substituents is 1. The Balaban J connectivity index is 2.41. The second kappa shape index (κ2) is 4.90. The number of nitrogens with two attached hydrogens (primary N) is 1. The number of hydrogen-bond donors (Lipinski definition) is 1. The third-order valence-electron chi connectivity index (χ3n) is 3.28. The number of rotatable bonds is 3. The number of hydrogen-bond acceptors (Lipinski definition) is 5. The van der Waals surface area contributed by atoms with E-state index < -0.39 is 4.92 Å². The van der Waals surface area contributed by atoms with Crippen LogP contribution in [-0.4, -0.2) is 16.5 Å². The summed E-state index contributed by atoms with van der Waals surface area (Å²) in [4.78, 5) is 15.2. The number of benzene rings is 2. The largest absolute Gasteiger partial charge is 0.487 e. The van der Waals surface area contributed by atoms with Crippen LogP contribution in [0, 0.1) is 10.1 Å². The molecule has 3 aromatic rings. The molecule has 2 aromatic carbocycles. The highest BCUT2D eigenvalue weighted by Crippen LogP contribution is 2.39. The Bertz CT molecular complexity index is 862. The molecule has 0 atom stereocenters. The van der Waals surface area contributed by atoms with E-state index in [1.165, 1.54) is 0 Å². The number of nitrogen functional groups attached to an aromatic ring is 1. The summed E-state index contributed by atoms with van der Waals surface area (Å²) in [5, 5.41) is 12.7. The number of nitro groups is 1. The quantitative estimate of drug-likeness (QED) is 0.344. The van der Waals surface area contributed by atoms with Gasteiger partial charge in [-0.15, -0.1) is 0 Å². The van der Waals surface area contributed by atoms with Crippen molar-refractivity contribution in [1.29, 1.82) is 0 Å². The third kappa shape index (κ3) is 2.10. The summed E-state index contributed by atoms with van der Waals surface area (Å²) < 4.78 is 5.34. The molecule has 0 aliphatic carbocycles. The Labute approximate surface area is 120 Å². The molecule has 0 aliphatic rings. The molecule has 0 aliphatic heterocycles. The Hall–Kier alpha value is -2.89. The van der Waals surface area contributed by atoms with Gasteiger partial charge < -0.3 is 10.5 Å². The summed E-state index contributed by atoms with van der Waals surface area (Å²) in [6.07, 6.45) is 0. The van der Waals surface area contributed by atoms with Crippen LogP contribution in [0.1, 0.15) is 6.92 Å². The van der Waals surface area contributed by atoms with Crippen LogP contribution >= 0.6 is 0 Å². The minimum absolute atomic E-state index is 0.0826. The van der Waals surface area contributed by atoms with Gasteiger partial charge in [-0.2, -0.15) is 0 Å². The molecule has 21 heavy (non-hydrogen) atoms. The highest BCUT2D eigenvalue weighted by molar-refractivity contribution is 6.03. The minimum Gasteiger partial charge on any atom is -0.487 e. The first kappa shape index (κ1) is 13.1. The smallest absolute Gasteiger partial charge is 0.334 e. The molecule has 1 aromatic heterocycles. The number of nitrogens with zero attached hydrogens (tertiary/aromatic N) is 2. The van der Waals surface area contributed by atoms with Gasteiger partial charge in [0.1, 0.15) is 5.69 Å². The molecular weight excluding hydrogens is 270 g/mol. The van der Waals surface area contributed by atoms with Crippen molar-refractivity contribution in [3.05, 3.63) is 46.5 Å². The molecule has 0 spiro atoms. The summed E-state index contributed by atoms with van der Waals surface area (Å²) in [6.45, 7) is 2.08. The number of fused-ring (bicyclic) bond motifs is 2. The van der Waals surface area contributed by atoms with Crippen LogP contribution in [0.2, 0.25) is 0 Å². The van der Waals surface area contributed by atoms with E-state index in [2.05, 4.69) is 4.98 Å². The van der Waals surface area contributed by atoms with Crippen molar-refractivity contribution < 1.29 is 9.66 Å². The second-order valence-electron chi connectivity index (χ2n) is 4.57. The first-order valence-corrected chi connectivity index (χ1v) is 6.51. The van der Waals surface area contributed by atoms with Gasteiger partial charge in [-0.3, -0.25) is 10.1 Å². The van der Waals surface area contributed by atoms with Crippen molar-refractivity contribution in [3.8, 4) is 5.75 Å². The first-order chi connectivity index (χ1) is 10.1. The van der Waals surface area contributed by atoms with Crippen LogP contribution < -0.4 is 10.5 Å². The maximum absolute atomic E-state index is 11.2. The van der Waals surface area contributed by atoms with E-state index in [9.17, 15) is 10.1 Å². The van der Waals surface area contributed by atoms with Gasteiger partial charge in [-0.25, -0.2) is 4.98 Å². The lowest BCUT2D eigenvalue weighted by Crippen LogP contribution is -2.02. The van der Waals surface area contributed by atoms with Gasteiger partial charge in [0.05, 0.1) is 22.6 Å². The second-order valence-corrected chi connectivity index (χ2v) is 4.57. The fourth-order valence-corrected chi connectivity index (χ4v) is 2.36. The summed E-state index contributed by atoms with van der Waals surface area (Å²) in [5.74, 6) is 0.148. The molecule has 2 N–H and O–H groups in total. The van der Waals surface area contributed by atoms with E-state index in [0.29, 0.717) is 17.5 Å². The lowest BCUT2D eigenvalue weighted by molar-refractivity contribution is -0.384. The van der Waals surface area contributed by atoms with Crippen LogP contribution in [0.25, 0.3) is 21.8 Å². The number of para-hydroxylation sites is 1. The Morgan fingerprint density at radius 3 is 2.76 bits per heavy atom. The zero-order valence-corrected chi connectivity index (χ0v) is 11.4. The third-order valence-corrected chi connectivity index (χ3v) is 3.28. The summed E-state index contributed by atoms with van der Waals surface area (Å²) in [5.41, 5.74) is 7.25. The van der Waals surface area contributed by atoms with Crippen LogP contribution in [0.5, 0.6) is 5.75 Å². The van der Waals surface area contributed by atoms with Crippen LogP contribution in [0.3, 0.4) is 0 Å². The Morgan fingerprint density at radius 1 is 1.29 bits per heavy atom. The molecule has 0 fully saturated rings. The molecule has 0 amide bonds. The topological polar surface area (TPSA) is 91.3 Å². The van der Waals surface area contributed by atoms with E-state index in [1.54, 1.807) is 13.0 Å². The molecule has 0 saturated carbocycles. The van der Waals surface area contributed by atoms with Crippen molar-refractivity contribution in [2.45, 2.75) is 6.92 Å². The molecule has 0 bridgehead atoms. The predicted octanol–water partition coefficient (Wildman–Crippen LogP) is 3.28. The maximum Gasteiger partial charge on any atom is 0.334 e. The molecule has 0 saturated heterocycles. The lowest BCUT2D eigenvalue weighted by Gasteiger charge is -2.10. The molecule has 0 unspecified atom stereocenters. The number of ether oxygens (including phenoxy) is 1. The van der Waals surface area contributed by atoms with Crippen molar-refractivity contribution in [2.24, 2.45) is 0 Å². The zero-order chi connectivity index (χ0) is 15.0. The fourth-order valence-electron chi connectivity index (χ4n) is 2.36. The standard InChI is InChI=1S/C15H13N3O3/c1-2-21-13-8-12-10(14(16)15(13)18(19)20)7-9-5-3-4-6-11(9)17-12/h3-8H,2,16H2,1H3. The van der Waals surface area contributed by atoms with Crippen LogP contribution in [-0.2, 0) is 0 Å². The molecule has 0 radical (unpaired) electrons. The van der Waals surface area contributed by atoms with E-state index in [0.717, 1.165) is 10.9 Å². The van der Waals surface area contributed by atoms with Gasteiger partial charge in [-0.1, -0.05) is 18.2 Å². The van der Waals surface area contributed by atoms with Gasteiger partial charge in [0, 0.05) is 16.8 Å². The van der Waals surface area contributed by atoms with Crippen LogP contribution in [0.15, 0.2) is 36.4 Å². The van der Waals surface area contributed by atoms with Crippen molar-refractivity contribution >= 4 is 33.2 Å². The molecule has 3 rings (SSSR count). The first-order valence-electron chi connectivity index (χ1n) is 6.51. The molecule has 6 nitrogen and oxygen atoms in total. The van der Waals surface area contributed by atoms with Crippen molar-refractivity contribution in [3.63, 3.8) is 0 Å². The molecule has 106 valence electrons. The van der Waals surface area contributed by atoms with Gasteiger partial charge in [0.2, 0.25) is 5.75 Å². The van der Waals surface area contributed by atoms with Gasteiger partial charge in [-0.05, 0) is 19.1 Å². The summed E-state index contributed by atoms with van der Waals surface area (Å²) in [6, 6.07) is 10.9. The van der Waals surface area contributed by atoms with Crippen molar-refractivity contribution in [2.75, 3.05) is 12.3 Å². The highest BCUT2D eigenvalue weighted by atomic mass is 16.6. The summed E-state index contributed by atoms with van der Waals surface area (Å²) >= 11 is 0. The van der Waals surface area contributed by atoms with Gasteiger partial charge in [0.25, 0.3) is 0 Å². The van der Waals surface area contributed by atoms with E-state index in [-0.39, 0.29) is 17.1 Å². The van der Waals surface area contributed by atoms with Gasteiger partial charge in [0.15, 0.2) is 0 Å². The average molecular weight is 283 g/mol. The monoisotopic (exact) mass is 283 g/mol. The molecule has 6 heteroatoms. The highest BCUT2D eigenvalue weighted by Gasteiger charge is 2.23. The lowest BCUT2D eigenvalue weighted by atomic mass is 10.1. The average Bonchev–Trinajstić information content (AvgIpc) is 2.45. The van der Waals surface area contributed by atoms with E-state index in [4.69, 9.17) is 10.5 Å². The molecule has 1 heterocycles. The number of pyridine rings is 1. The Morgan fingerprint density at radius 2 is 2.05 bits per heavy atom. The van der Waals surface area contributed by atoms with Crippen LogP contribution in [0.4, 0.5) is 11.4 Å². The summed E-state index contributed by atoms with van der Waals surface area (Å²) in [7, 11) is 0. The van der Waals surface area contributed by atoms with E-state index >= 15 is 0 Å². The number of aromatic nitrogens is 1. The predicted molar refractivity (Wildman–Crippen MR) is 81.5 cm³/mol. The minimum atomic E-state index is -0.519. The Kier molecular flexibility index (Phi) is 3.06. The zero-order valence-electron chi connectivity index (χ0n) is 11.4. The maximum atomic E-state index is 11.2. The van der Waals surface area contributed by atoms with Gasteiger partial charge >= 0.3 is 5.69 Å². The van der Waals surface area contributed by atoms with E-state index in [1.807, 2.05) is 30.3 Å². The molecular formula is C15H13N3O3. The SMILES string of the molecule is CCOc1cc2nc3ccccc3cc2c(N)c1[N+](=O)[O-].